The van der Waals surface area contributed by atoms with Crippen LogP contribution < -0.4 is 0 Å². The second-order valence-corrected chi connectivity index (χ2v) is 4.12. The number of aliphatic carboxylic acids is 2. The topological polar surface area (TPSA) is 153 Å². The van der Waals surface area contributed by atoms with Crippen LogP contribution in [-0.4, -0.2) is 75.1 Å². The van der Waals surface area contributed by atoms with Crippen LogP contribution in [0.4, 0.5) is 0 Å². The summed E-state index contributed by atoms with van der Waals surface area (Å²) in [5.41, 5.74) is 0.638. The molecule has 0 bridgehead atoms. The molecule has 0 aliphatic carbocycles. The number of nitrogens with zero attached hydrogens (tertiary/aromatic N) is 3. The van der Waals surface area contributed by atoms with Gasteiger partial charge in [0.15, 0.2) is 12.1 Å². The Labute approximate surface area is 125 Å². The summed E-state index contributed by atoms with van der Waals surface area (Å²) in [6.45, 7) is -1.27. The summed E-state index contributed by atoms with van der Waals surface area (Å²) in [5.74, 6) is -2.52. The molecule has 0 fully saturated rings. The van der Waals surface area contributed by atoms with Crippen LogP contribution in [0.3, 0.4) is 0 Å². The second kappa shape index (κ2) is 8.60. The molecule has 1 heterocycles. The molecule has 0 radical (unpaired) electrons. The first-order valence-corrected chi connectivity index (χ1v) is 6.18. The van der Waals surface area contributed by atoms with Crippen molar-refractivity contribution in [1.82, 2.24) is 4.98 Å². The largest absolute Gasteiger partial charge is 0.480 e. The maximum absolute atomic E-state index is 10.7. The number of aromatic nitrogens is 1. The number of carboxylic acid groups (broad SMARTS) is 2. The number of hydrogen-bond donors (Lipinski definition) is 4. The highest BCUT2D eigenvalue weighted by atomic mass is 16.4. The highest BCUT2D eigenvalue weighted by Gasteiger charge is 2.14. The van der Waals surface area contributed by atoms with Crippen molar-refractivity contribution in [3.05, 3.63) is 29.6 Å². The van der Waals surface area contributed by atoms with Crippen LogP contribution >= 0.6 is 0 Å². The molecular formula is C13H15N3O6. The summed E-state index contributed by atoms with van der Waals surface area (Å²) in [6.07, 6.45) is 2.38. The number of hydrogen-bond acceptors (Lipinski definition) is 7. The molecule has 1 aromatic rings. The Balaban J connectivity index is 2.86. The van der Waals surface area contributed by atoms with Gasteiger partial charge >= 0.3 is 11.9 Å². The van der Waals surface area contributed by atoms with Gasteiger partial charge in [-0.15, -0.1) is 0 Å². The fourth-order valence-corrected chi connectivity index (χ4v) is 1.32. The summed E-state index contributed by atoms with van der Waals surface area (Å²) in [5, 5.41) is 35.1. The summed E-state index contributed by atoms with van der Waals surface area (Å²) < 4.78 is 0. The van der Waals surface area contributed by atoms with Gasteiger partial charge in [-0.2, -0.15) is 0 Å². The molecule has 22 heavy (non-hydrogen) atoms. The van der Waals surface area contributed by atoms with Crippen LogP contribution in [0.1, 0.15) is 11.4 Å². The van der Waals surface area contributed by atoms with Crippen molar-refractivity contribution in [1.29, 1.82) is 0 Å². The van der Waals surface area contributed by atoms with Crippen LogP contribution in [0.25, 0.3) is 0 Å². The Morgan fingerprint density at radius 2 is 1.41 bits per heavy atom. The molecule has 1 aromatic heterocycles. The summed E-state index contributed by atoms with van der Waals surface area (Å²) >= 11 is 0. The van der Waals surface area contributed by atoms with Gasteiger partial charge < -0.3 is 20.4 Å². The van der Waals surface area contributed by atoms with E-state index < -0.39 is 37.2 Å². The third kappa shape index (κ3) is 5.38. The number of aliphatic hydroxyl groups excluding tert-OH is 2. The normalized spacial score (nSPS) is 14.3. The SMILES string of the molecule is O=C(O)[C@H](CO)N=Cc1cccc(C=N[C@@H](CO)C(=O)O)n1. The molecule has 0 amide bonds. The molecule has 2 atom stereocenters. The molecule has 0 spiro atoms. The van der Waals surface area contributed by atoms with Crippen molar-refractivity contribution in [3.63, 3.8) is 0 Å². The van der Waals surface area contributed by atoms with Gasteiger partial charge in [0.2, 0.25) is 0 Å². The number of carboxylic acids is 2. The molecule has 9 nitrogen and oxygen atoms in total. The predicted molar refractivity (Wildman–Crippen MR) is 76.4 cm³/mol. The van der Waals surface area contributed by atoms with Crippen LogP contribution in [0.5, 0.6) is 0 Å². The minimum Gasteiger partial charge on any atom is -0.480 e. The number of pyridine rings is 1. The fourth-order valence-electron chi connectivity index (χ4n) is 1.32. The van der Waals surface area contributed by atoms with Crippen molar-refractivity contribution in [3.8, 4) is 0 Å². The van der Waals surface area contributed by atoms with Gasteiger partial charge in [-0.25, -0.2) is 14.6 Å². The number of rotatable bonds is 8. The third-order valence-electron chi connectivity index (χ3n) is 2.48. The van der Waals surface area contributed by atoms with Gasteiger partial charge in [-0.1, -0.05) is 6.07 Å². The summed E-state index contributed by atoms with van der Waals surface area (Å²) in [6, 6.07) is 2.16. The number of aliphatic hydroxyl groups is 2. The van der Waals surface area contributed by atoms with E-state index >= 15 is 0 Å². The highest BCUT2D eigenvalue weighted by molar-refractivity contribution is 5.85. The van der Waals surface area contributed by atoms with Gasteiger partial charge in [0.25, 0.3) is 0 Å². The van der Waals surface area contributed by atoms with Gasteiger partial charge in [0, 0.05) is 12.4 Å². The second-order valence-electron chi connectivity index (χ2n) is 4.12. The Morgan fingerprint density at radius 1 is 1.00 bits per heavy atom. The van der Waals surface area contributed by atoms with Crippen LogP contribution in [0.2, 0.25) is 0 Å². The molecule has 9 heteroatoms. The van der Waals surface area contributed by atoms with E-state index in [1.54, 1.807) is 18.2 Å². The van der Waals surface area contributed by atoms with E-state index in [4.69, 9.17) is 20.4 Å². The molecule has 0 saturated carbocycles. The van der Waals surface area contributed by atoms with E-state index in [0.717, 1.165) is 0 Å². The predicted octanol–water partition coefficient (Wildman–Crippen LogP) is -1.19. The Morgan fingerprint density at radius 3 is 1.73 bits per heavy atom. The minimum atomic E-state index is -1.27. The maximum atomic E-state index is 10.7. The monoisotopic (exact) mass is 309 g/mol. The lowest BCUT2D eigenvalue weighted by molar-refractivity contribution is -0.140. The lowest BCUT2D eigenvalue weighted by Crippen LogP contribution is -2.22. The van der Waals surface area contributed by atoms with E-state index in [2.05, 4.69) is 15.0 Å². The molecule has 4 N–H and O–H groups in total. The van der Waals surface area contributed by atoms with Gasteiger partial charge in [-0.3, -0.25) is 9.98 Å². The molecule has 118 valence electrons. The van der Waals surface area contributed by atoms with E-state index in [9.17, 15) is 9.59 Å². The van der Waals surface area contributed by atoms with E-state index in [-0.39, 0.29) is 0 Å². The quantitative estimate of drug-likeness (QED) is 0.440. The van der Waals surface area contributed by atoms with Gasteiger partial charge in [0.1, 0.15) is 0 Å². The lowest BCUT2D eigenvalue weighted by Gasteiger charge is -2.03. The first-order valence-electron chi connectivity index (χ1n) is 6.18. The van der Waals surface area contributed by atoms with Crippen molar-refractivity contribution >= 4 is 24.4 Å². The molecule has 0 aromatic carbocycles. The highest BCUT2D eigenvalue weighted by Crippen LogP contribution is 1.98. The van der Waals surface area contributed by atoms with Crippen LogP contribution in [0, 0.1) is 0 Å². The Hall–Kier alpha value is -2.65. The molecule has 0 unspecified atom stereocenters. The maximum Gasteiger partial charge on any atom is 0.330 e. The lowest BCUT2D eigenvalue weighted by atomic mass is 10.3. The zero-order valence-electron chi connectivity index (χ0n) is 11.4. The molecule has 0 aliphatic rings. The average Bonchev–Trinajstić information content (AvgIpc) is 2.48. The van der Waals surface area contributed by atoms with E-state index in [1.807, 2.05) is 0 Å². The van der Waals surface area contributed by atoms with Crippen molar-refractivity contribution in [2.75, 3.05) is 13.2 Å². The van der Waals surface area contributed by atoms with E-state index in [0.29, 0.717) is 11.4 Å². The first-order chi connectivity index (χ1) is 10.5. The van der Waals surface area contributed by atoms with Gasteiger partial charge in [-0.05, 0) is 12.1 Å². The summed E-state index contributed by atoms with van der Waals surface area (Å²) in [7, 11) is 0. The molecule has 0 saturated heterocycles. The van der Waals surface area contributed by atoms with Crippen molar-refractivity contribution in [2.45, 2.75) is 12.1 Å². The van der Waals surface area contributed by atoms with Crippen LogP contribution in [-0.2, 0) is 9.59 Å². The summed E-state index contributed by atoms with van der Waals surface area (Å²) in [4.78, 5) is 32.8. The van der Waals surface area contributed by atoms with Crippen LogP contribution in [0.15, 0.2) is 28.2 Å². The Kier molecular flexibility index (Phi) is 6.80. The first kappa shape index (κ1) is 17.4. The average molecular weight is 309 g/mol. The van der Waals surface area contributed by atoms with Gasteiger partial charge in [0.05, 0.1) is 24.6 Å². The molecular weight excluding hydrogens is 294 g/mol. The van der Waals surface area contributed by atoms with Crippen molar-refractivity contribution in [2.24, 2.45) is 9.98 Å². The zero-order valence-corrected chi connectivity index (χ0v) is 11.4. The molecule has 0 aliphatic heterocycles. The van der Waals surface area contributed by atoms with E-state index in [1.165, 1.54) is 12.4 Å². The number of carbonyl (C=O) groups is 2. The zero-order chi connectivity index (χ0) is 16.5. The fraction of sp³-hybridized carbons (Fsp3) is 0.308. The Bertz CT molecular complexity index is 540. The van der Waals surface area contributed by atoms with Crippen molar-refractivity contribution < 1.29 is 30.0 Å². The number of aliphatic imine (C=N–C) groups is 2. The third-order valence-corrected chi connectivity index (χ3v) is 2.48. The molecule has 1 rings (SSSR count). The standard InChI is InChI=1S/C13H15N3O6/c17-6-10(12(19)20)14-4-8-2-1-3-9(16-8)5-15-11(7-18)13(21)22/h1-5,10-11,17-18H,6-7H2,(H,19,20)(H,21,22)/t10-,11-/m0/s1. The smallest absolute Gasteiger partial charge is 0.330 e. The minimum absolute atomic E-state index is 0.319.